The van der Waals surface area contributed by atoms with E-state index in [4.69, 9.17) is 0 Å². The van der Waals surface area contributed by atoms with E-state index in [-0.39, 0.29) is 17.3 Å². The number of hydrogen-bond donors (Lipinski definition) is 1. The van der Waals surface area contributed by atoms with Crippen molar-refractivity contribution in [2.24, 2.45) is 0 Å². The minimum absolute atomic E-state index is 0.0897. The maximum atomic E-state index is 14.0. The molecule has 0 aromatic heterocycles. The molecular formula is C30H37N3O4S. The predicted octanol–water partition coefficient (Wildman–Crippen LogP) is 4.91. The van der Waals surface area contributed by atoms with Crippen LogP contribution in [0.15, 0.2) is 89.8 Å². The van der Waals surface area contributed by atoms with Gasteiger partial charge in [-0.1, -0.05) is 73.2 Å². The zero-order valence-electron chi connectivity index (χ0n) is 22.7. The number of rotatable bonds is 10. The van der Waals surface area contributed by atoms with E-state index in [1.807, 2.05) is 65.0 Å². The fraction of sp³-hybridized carbons (Fsp3) is 0.333. The van der Waals surface area contributed by atoms with Crippen LogP contribution in [0.25, 0.3) is 0 Å². The van der Waals surface area contributed by atoms with Gasteiger partial charge in [0.2, 0.25) is 11.8 Å². The standard InChI is InChI=1S/C30H37N3O4S/c1-6-27(29(35)31-30(3,4)5)32(21-24-13-9-7-10-14-24)28(34)22-33(25-15-11-8-12-16-25)38(36,37)26-19-17-23(2)18-20-26/h7-20,27H,6,21-22H2,1-5H3,(H,31,35). The summed E-state index contributed by atoms with van der Waals surface area (Å²) in [6.07, 6.45) is 0.372. The number of carbonyl (C=O) groups excluding carboxylic acids is 2. The molecule has 0 spiro atoms. The first-order chi connectivity index (χ1) is 17.9. The number of nitrogens with zero attached hydrogens (tertiary/aromatic N) is 2. The van der Waals surface area contributed by atoms with Gasteiger partial charge in [-0.25, -0.2) is 8.42 Å². The van der Waals surface area contributed by atoms with Crippen LogP contribution in [0, 0.1) is 6.92 Å². The van der Waals surface area contributed by atoms with Gasteiger partial charge in [0.25, 0.3) is 10.0 Å². The van der Waals surface area contributed by atoms with E-state index in [9.17, 15) is 18.0 Å². The van der Waals surface area contributed by atoms with Crippen LogP contribution in [0.1, 0.15) is 45.2 Å². The van der Waals surface area contributed by atoms with Crippen LogP contribution in [-0.2, 0) is 26.2 Å². The number of nitrogens with one attached hydrogen (secondary N) is 1. The lowest BCUT2D eigenvalue weighted by Crippen LogP contribution is -2.55. The van der Waals surface area contributed by atoms with Gasteiger partial charge in [0, 0.05) is 12.1 Å². The van der Waals surface area contributed by atoms with Gasteiger partial charge < -0.3 is 10.2 Å². The molecule has 0 aliphatic rings. The Morgan fingerprint density at radius 3 is 1.95 bits per heavy atom. The number of aryl methyl sites for hydroxylation is 1. The van der Waals surface area contributed by atoms with E-state index < -0.39 is 34.1 Å². The maximum Gasteiger partial charge on any atom is 0.264 e. The van der Waals surface area contributed by atoms with E-state index in [2.05, 4.69) is 5.32 Å². The summed E-state index contributed by atoms with van der Waals surface area (Å²) in [6, 6.07) is 23.7. The zero-order chi connectivity index (χ0) is 27.9. The van der Waals surface area contributed by atoms with Crippen molar-refractivity contribution in [3.05, 3.63) is 96.1 Å². The third kappa shape index (κ3) is 7.44. The Morgan fingerprint density at radius 1 is 0.868 bits per heavy atom. The molecule has 1 N–H and O–H groups in total. The Kier molecular flexibility index (Phi) is 9.33. The van der Waals surface area contributed by atoms with Gasteiger partial charge in [-0.2, -0.15) is 0 Å². The predicted molar refractivity (Wildman–Crippen MR) is 151 cm³/mol. The van der Waals surface area contributed by atoms with Crippen molar-refractivity contribution in [1.29, 1.82) is 0 Å². The van der Waals surface area contributed by atoms with Crippen molar-refractivity contribution >= 4 is 27.5 Å². The Hall–Kier alpha value is -3.65. The summed E-state index contributed by atoms with van der Waals surface area (Å²) in [6.45, 7) is 9.08. The number of anilines is 1. The van der Waals surface area contributed by atoms with Crippen LogP contribution < -0.4 is 9.62 Å². The molecule has 38 heavy (non-hydrogen) atoms. The normalized spacial score (nSPS) is 12.4. The van der Waals surface area contributed by atoms with Gasteiger partial charge in [-0.05, 0) is 63.9 Å². The fourth-order valence-corrected chi connectivity index (χ4v) is 5.53. The average Bonchev–Trinajstić information content (AvgIpc) is 2.87. The number of carbonyl (C=O) groups is 2. The second-order valence-corrected chi connectivity index (χ2v) is 12.2. The zero-order valence-corrected chi connectivity index (χ0v) is 23.5. The molecule has 0 bridgehead atoms. The summed E-state index contributed by atoms with van der Waals surface area (Å²) in [5.74, 6) is -0.749. The summed E-state index contributed by atoms with van der Waals surface area (Å²) in [7, 11) is -4.07. The van der Waals surface area contributed by atoms with Crippen LogP contribution in [-0.4, -0.2) is 43.3 Å². The van der Waals surface area contributed by atoms with Gasteiger partial charge in [-0.15, -0.1) is 0 Å². The molecule has 0 radical (unpaired) electrons. The van der Waals surface area contributed by atoms with Gasteiger partial charge in [0.05, 0.1) is 10.6 Å². The van der Waals surface area contributed by atoms with Gasteiger partial charge in [0.1, 0.15) is 12.6 Å². The number of hydrogen-bond acceptors (Lipinski definition) is 4. The third-order valence-electron chi connectivity index (χ3n) is 6.01. The molecule has 0 aliphatic carbocycles. The molecule has 0 saturated heterocycles. The summed E-state index contributed by atoms with van der Waals surface area (Å²) < 4.78 is 28.7. The molecule has 1 atom stereocenters. The summed E-state index contributed by atoms with van der Waals surface area (Å²) in [5.41, 5.74) is 1.65. The van der Waals surface area contributed by atoms with Crippen molar-refractivity contribution in [3.8, 4) is 0 Å². The fourth-order valence-electron chi connectivity index (χ4n) is 4.11. The van der Waals surface area contributed by atoms with E-state index in [1.54, 1.807) is 54.6 Å². The Labute approximate surface area is 226 Å². The Balaban J connectivity index is 2.03. The van der Waals surface area contributed by atoms with Crippen molar-refractivity contribution in [2.45, 2.75) is 64.1 Å². The average molecular weight is 536 g/mol. The first-order valence-corrected chi connectivity index (χ1v) is 14.2. The molecule has 202 valence electrons. The smallest absolute Gasteiger partial charge is 0.264 e. The molecule has 1 unspecified atom stereocenters. The maximum absolute atomic E-state index is 14.0. The molecule has 3 aromatic rings. The number of amides is 2. The highest BCUT2D eigenvalue weighted by atomic mass is 32.2. The van der Waals surface area contributed by atoms with Crippen LogP contribution in [0.2, 0.25) is 0 Å². The Morgan fingerprint density at radius 2 is 1.42 bits per heavy atom. The SMILES string of the molecule is CCC(C(=O)NC(C)(C)C)N(Cc1ccccc1)C(=O)CN(c1ccccc1)S(=O)(=O)c1ccc(C)cc1. The van der Waals surface area contributed by atoms with Crippen LogP contribution in [0.5, 0.6) is 0 Å². The highest BCUT2D eigenvalue weighted by Crippen LogP contribution is 2.25. The lowest BCUT2D eigenvalue weighted by Gasteiger charge is -2.34. The molecular weight excluding hydrogens is 498 g/mol. The second-order valence-electron chi connectivity index (χ2n) is 10.3. The highest BCUT2D eigenvalue weighted by Gasteiger charge is 2.34. The molecule has 0 heterocycles. The van der Waals surface area contributed by atoms with Crippen molar-refractivity contribution in [2.75, 3.05) is 10.8 Å². The molecule has 3 aromatic carbocycles. The molecule has 0 saturated carbocycles. The van der Waals surface area contributed by atoms with Crippen LogP contribution in [0.4, 0.5) is 5.69 Å². The van der Waals surface area contributed by atoms with Crippen molar-refractivity contribution < 1.29 is 18.0 Å². The molecule has 8 heteroatoms. The van der Waals surface area contributed by atoms with E-state index in [1.165, 1.54) is 4.90 Å². The first-order valence-electron chi connectivity index (χ1n) is 12.7. The molecule has 2 amide bonds. The molecule has 0 fully saturated rings. The molecule has 0 aliphatic heterocycles. The first kappa shape index (κ1) is 28.9. The minimum atomic E-state index is -4.07. The van der Waals surface area contributed by atoms with Gasteiger partial charge in [0.15, 0.2) is 0 Å². The summed E-state index contributed by atoms with van der Waals surface area (Å²) in [5, 5.41) is 2.97. The van der Waals surface area contributed by atoms with E-state index >= 15 is 0 Å². The minimum Gasteiger partial charge on any atom is -0.350 e. The largest absolute Gasteiger partial charge is 0.350 e. The highest BCUT2D eigenvalue weighted by molar-refractivity contribution is 7.92. The summed E-state index contributed by atoms with van der Waals surface area (Å²) >= 11 is 0. The number of para-hydroxylation sites is 1. The second kappa shape index (κ2) is 12.3. The van der Waals surface area contributed by atoms with E-state index in [0.717, 1.165) is 15.4 Å². The quantitative estimate of drug-likeness (QED) is 0.400. The van der Waals surface area contributed by atoms with Crippen molar-refractivity contribution in [1.82, 2.24) is 10.2 Å². The monoisotopic (exact) mass is 535 g/mol. The lowest BCUT2D eigenvalue weighted by atomic mass is 10.1. The third-order valence-corrected chi connectivity index (χ3v) is 7.80. The lowest BCUT2D eigenvalue weighted by molar-refractivity contribution is -0.141. The van der Waals surface area contributed by atoms with E-state index in [0.29, 0.717) is 12.1 Å². The Bertz CT molecular complexity index is 1320. The number of sulfonamides is 1. The van der Waals surface area contributed by atoms with Crippen LogP contribution in [0.3, 0.4) is 0 Å². The molecule has 3 rings (SSSR count). The summed E-state index contributed by atoms with van der Waals surface area (Å²) in [4.78, 5) is 28.8. The van der Waals surface area contributed by atoms with Gasteiger partial charge in [-0.3, -0.25) is 13.9 Å². The van der Waals surface area contributed by atoms with Gasteiger partial charge >= 0.3 is 0 Å². The van der Waals surface area contributed by atoms with Crippen molar-refractivity contribution in [3.63, 3.8) is 0 Å². The number of benzene rings is 3. The molecule has 7 nitrogen and oxygen atoms in total. The topological polar surface area (TPSA) is 86.8 Å². The van der Waals surface area contributed by atoms with Crippen LogP contribution >= 0.6 is 0 Å².